The number of nitrogens with zero attached hydrogens (tertiary/aromatic N) is 2. The fourth-order valence-corrected chi connectivity index (χ4v) is 4.38. The summed E-state index contributed by atoms with van der Waals surface area (Å²) in [5.74, 6) is 1.35. The molecule has 2 aliphatic heterocycles. The maximum absolute atomic E-state index is 13.0. The van der Waals surface area contributed by atoms with E-state index in [0.717, 1.165) is 37.4 Å². The Balaban J connectivity index is 1.64. The Morgan fingerprint density at radius 2 is 1.72 bits per heavy atom. The average molecular weight is 363 g/mol. The van der Waals surface area contributed by atoms with Crippen molar-refractivity contribution in [2.45, 2.75) is 39.0 Å². The monoisotopic (exact) mass is 362 g/mol. The number of carbonyl (C=O) groups is 2. The molecule has 1 aromatic carbocycles. The van der Waals surface area contributed by atoms with E-state index in [1.807, 2.05) is 17.0 Å². The van der Waals surface area contributed by atoms with Crippen LogP contribution in [0, 0.1) is 11.8 Å². The van der Waals surface area contributed by atoms with Gasteiger partial charge in [0, 0.05) is 50.0 Å². The van der Waals surface area contributed by atoms with Crippen LogP contribution in [0.1, 0.15) is 44.6 Å². The van der Waals surface area contributed by atoms with Gasteiger partial charge < -0.3 is 9.80 Å². The van der Waals surface area contributed by atoms with Gasteiger partial charge in [0.05, 0.1) is 0 Å². The van der Waals surface area contributed by atoms with Crippen molar-refractivity contribution < 1.29 is 9.59 Å². The van der Waals surface area contributed by atoms with Crippen molar-refractivity contribution >= 4 is 23.4 Å². The van der Waals surface area contributed by atoms with E-state index in [0.29, 0.717) is 24.9 Å². The molecule has 0 radical (unpaired) electrons. The highest BCUT2D eigenvalue weighted by Gasteiger charge is 2.38. The molecule has 0 aromatic heterocycles. The number of likely N-dealkylation sites (tertiary alicyclic amines) is 2. The molecule has 0 N–H and O–H groups in total. The lowest BCUT2D eigenvalue weighted by atomic mass is 9.87. The van der Waals surface area contributed by atoms with Crippen LogP contribution < -0.4 is 0 Å². The molecular weight excluding hydrogens is 336 g/mol. The quantitative estimate of drug-likeness (QED) is 0.825. The van der Waals surface area contributed by atoms with Gasteiger partial charge in [0.1, 0.15) is 0 Å². The minimum Gasteiger partial charge on any atom is -0.343 e. The van der Waals surface area contributed by atoms with Crippen molar-refractivity contribution in [2.75, 3.05) is 26.2 Å². The van der Waals surface area contributed by atoms with Gasteiger partial charge in [-0.3, -0.25) is 9.59 Å². The summed E-state index contributed by atoms with van der Waals surface area (Å²) >= 11 is 6.01. The van der Waals surface area contributed by atoms with Crippen LogP contribution in [0.5, 0.6) is 0 Å². The van der Waals surface area contributed by atoms with E-state index in [4.69, 9.17) is 11.6 Å². The van der Waals surface area contributed by atoms with E-state index in [1.54, 1.807) is 6.92 Å². The summed E-state index contributed by atoms with van der Waals surface area (Å²) < 4.78 is 0. The van der Waals surface area contributed by atoms with E-state index >= 15 is 0 Å². The number of amides is 2. The highest BCUT2D eigenvalue weighted by Crippen LogP contribution is 2.36. The molecule has 1 aromatic rings. The van der Waals surface area contributed by atoms with Crippen LogP contribution in [0.2, 0.25) is 5.02 Å². The van der Waals surface area contributed by atoms with E-state index in [9.17, 15) is 9.59 Å². The van der Waals surface area contributed by atoms with Gasteiger partial charge in [-0.15, -0.1) is 0 Å². The van der Waals surface area contributed by atoms with Gasteiger partial charge in [-0.05, 0) is 36.5 Å². The first-order chi connectivity index (χ1) is 12.0. The number of carbonyl (C=O) groups excluding carboxylic acids is 2. The second-order valence-electron chi connectivity index (χ2n) is 7.35. The van der Waals surface area contributed by atoms with Crippen molar-refractivity contribution in [3.63, 3.8) is 0 Å². The second kappa shape index (κ2) is 7.77. The molecular formula is C20H27ClN2O2. The summed E-state index contributed by atoms with van der Waals surface area (Å²) in [4.78, 5) is 28.3. The lowest BCUT2D eigenvalue weighted by Crippen LogP contribution is -2.43. The molecule has 2 aliphatic rings. The zero-order chi connectivity index (χ0) is 18.0. The second-order valence-corrected chi connectivity index (χ2v) is 7.79. The Bertz CT molecular complexity index is 623. The van der Waals surface area contributed by atoms with Crippen LogP contribution in [0.3, 0.4) is 0 Å². The molecule has 2 heterocycles. The van der Waals surface area contributed by atoms with Gasteiger partial charge in [-0.25, -0.2) is 0 Å². The largest absolute Gasteiger partial charge is 0.343 e. The number of halogens is 1. The fraction of sp³-hybridized carbons (Fsp3) is 0.600. The van der Waals surface area contributed by atoms with E-state index in [-0.39, 0.29) is 17.7 Å². The minimum absolute atomic E-state index is 0.0667. The molecule has 2 atom stereocenters. The van der Waals surface area contributed by atoms with Gasteiger partial charge in [-0.2, -0.15) is 0 Å². The molecule has 0 saturated carbocycles. The topological polar surface area (TPSA) is 40.6 Å². The van der Waals surface area contributed by atoms with Crippen LogP contribution >= 0.6 is 11.6 Å². The fourth-order valence-electron chi connectivity index (χ4n) is 4.25. The third kappa shape index (κ3) is 4.00. The van der Waals surface area contributed by atoms with Crippen molar-refractivity contribution in [3.8, 4) is 0 Å². The van der Waals surface area contributed by atoms with Crippen LogP contribution in [-0.2, 0) is 9.59 Å². The molecule has 5 heteroatoms. The van der Waals surface area contributed by atoms with Crippen molar-refractivity contribution in [1.29, 1.82) is 0 Å². The SMILES string of the molecule is CC[C@@H]1CN(C(=O)C2CCN(C(C)=O)CC2)C[C@H]1c1ccc(Cl)cc1. The Hall–Kier alpha value is -1.55. The Morgan fingerprint density at radius 1 is 1.08 bits per heavy atom. The van der Waals surface area contributed by atoms with Crippen LogP contribution in [0.15, 0.2) is 24.3 Å². The van der Waals surface area contributed by atoms with Crippen LogP contribution in [0.4, 0.5) is 0 Å². The smallest absolute Gasteiger partial charge is 0.225 e. The Morgan fingerprint density at radius 3 is 2.28 bits per heavy atom. The molecule has 136 valence electrons. The first kappa shape index (κ1) is 18.2. The standard InChI is InChI=1S/C20H27ClN2O2/c1-3-15-12-23(13-19(15)16-4-6-18(21)7-5-16)20(25)17-8-10-22(11-9-17)14(2)24/h4-7,15,17,19H,3,8-13H2,1-2H3/t15-,19-/m1/s1. The molecule has 2 saturated heterocycles. The van der Waals surface area contributed by atoms with E-state index < -0.39 is 0 Å². The number of piperidine rings is 1. The Labute approximate surface area is 155 Å². The predicted molar refractivity (Wildman–Crippen MR) is 99.5 cm³/mol. The highest BCUT2D eigenvalue weighted by atomic mass is 35.5. The summed E-state index contributed by atoms with van der Waals surface area (Å²) in [7, 11) is 0. The van der Waals surface area contributed by atoms with Gasteiger partial charge in [-0.1, -0.05) is 37.1 Å². The van der Waals surface area contributed by atoms with E-state index in [2.05, 4.69) is 24.0 Å². The van der Waals surface area contributed by atoms with Gasteiger partial charge in [0.25, 0.3) is 0 Å². The zero-order valence-corrected chi connectivity index (χ0v) is 15.8. The van der Waals surface area contributed by atoms with Crippen molar-refractivity contribution in [2.24, 2.45) is 11.8 Å². The first-order valence-electron chi connectivity index (χ1n) is 9.29. The highest BCUT2D eigenvalue weighted by molar-refractivity contribution is 6.30. The molecule has 2 fully saturated rings. The molecule has 0 spiro atoms. The maximum Gasteiger partial charge on any atom is 0.225 e. The normalized spacial score (nSPS) is 24.6. The van der Waals surface area contributed by atoms with E-state index in [1.165, 1.54) is 5.56 Å². The summed E-state index contributed by atoms with van der Waals surface area (Å²) in [6.07, 6.45) is 2.65. The molecule has 2 amide bonds. The zero-order valence-electron chi connectivity index (χ0n) is 15.1. The maximum atomic E-state index is 13.0. The number of hydrogen-bond acceptors (Lipinski definition) is 2. The first-order valence-corrected chi connectivity index (χ1v) is 9.67. The number of benzene rings is 1. The summed E-state index contributed by atoms with van der Waals surface area (Å²) in [5.41, 5.74) is 1.28. The van der Waals surface area contributed by atoms with Crippen molar-refractivity contribution in [3.05, 3.63) is 34.9 Å². The summed E-state index contributed by atoms with van der Waals surface area (Å²) in [6, 6.07) is 8.06. The molecule has 0 unspecified atom stereocenters. The molecule has 4 nitrogen and oxygen atoms in total. The molecule has 25 heavy (non-hydrogen) atoms. The molecule has 3 rings (SSSR count). The summed E-state index contributed by atoms with van der Waals surface area (Å²) in [5, 5.41) is 0.750. The van der Waals surface area contributed by atoms with Gasteiger partial charge in [0.2, 0.25) is 11.8 Å². The molecule has 0 aliphatic carbocycles. The van der Waals surface area contributed by atoms with Crippen molar-refractivity contribution in [1.82, 2.24) is 9.80 Å². The number of rotatable bonds is 3. The minimum atomic E-state index is 0.0667. The average Bonchev–Trinajstić information content (AvgIpc) is 3.06. The van der Waals surface area contributed by atoms with Gasteiger partial charge in [0.15, 0.2) is 0 Å². The lowest BCUT2D eigenvalue weighted by molar-refractivity contribution is -0.139. The van der Waals surface area contributed by atoms with Crippen LogP contribution in [0.25, 0.3) is 0 Å². The molecule has 0 bridgehead atoms. The third-order valence-electron chi connectivity index (χ3n) is 5.86. The Kier molecular flexibility index (Phi) is 5.67. The van der Waals surface area contributed by atoms with Crippen LogP contribution in [-0.4, -0.2) is 47.8 Å². The number of hydrogen-bond donors (Lipinski definition) is 0. The summed E-state index contributed by atoms with van der Waals surface area (Å²) in [6.45, 7) is 6.86. The lowest BCUT2D eigenvalue weighted by Gasteiger charge is -2.32. The predicted octanol–water partition coefficient (Wildman–Crippen LogP) is 3.55. The van der Waals surface area contributed by atoms with Gasteiger partial charge >= 0.3 is 0 Å². The third-order valence-corrected chi connectivity index (χ3v) is 6.12.